The maximum atomic E-state index is 10.9. The third-order valence-electron chi connectivity index (χ3n) is 3.10. The summed E-state index contributed by atoms with van der Waals surface area (Å²) in [5.41, 5.74) is 8.72. The molecule has 0 aliphatic carbocycles. The standard InChI is InChI=1S/C14H17N5O2/c1-3-4-12(18-14(20)21)9-5-10(7-16-6-9)13-11(15)8-17-19(13)2/h3,5-8,12,18H,1,4,15H2,2H3,(H,20,21). The molecule has 2 heterocycles. The van der Waals surface area contributed by atoms with Crippen LogP contribution < -0.4 is 11.1 Å². The van der Waals surface area contributed by atoms with Gasteiger partial charge >= 0.3 is 6.09 Å². The van der Waals surface area contributed by atoms with E-state index in [1.807, 2.05) is 6.07 Å². The molecule has 7 heteroatoms. The van der Waals surface area contributed by atoms with Crippen molar-refractivity contribution in [1.29, 1.82) is 0 Å². The van der Waals surface area contributed by atoms with Crippen LogP contribution in [0.1, 0.15) is 18.0 Å². The molecule has 0 aromatic carbocycles. The van der Waals surface area contributed by atoms with Gasteiger partial charge in [-0.15, -0.1) is 6.58 Å². The van der Waals surface area contributed by atoms with E-state index in [1.165, 1.54) is 0 Å². The third kappa shape index (κ3) is 3.19. The first-order valence-electron chi connectivity index (χ1n) is 6.36. The van der Waals surface area contributed by atoms with Gasteiger partial charge in [0.25, 0.3) is 0 Å². The van der Waals surface area contributed by atoms with Crippen molar-refractivity contribution in [2.75, 3.05) is 5.73 Å². The molecule has 7 nitrogen and oxygen atoms in total. The number of nitrogens with two attached hydrogens (primary N) is 1. The van der Waals surface area contributed by atoms with Gasteiger partial charge < -0.3 is 16.2 Å². The lowest BCUT2D eigenvalue weighted by atomic mass is 10.0. The number of anilines is 1. The molecule has 1 amide bonds. The molecule has 0 aliphatic heterocycles. The van der Waals surface area contributed by atoms with Crippen molar-refractivity contribution in [2.45, 2.75) is 12.5 Å². The minimum atomic E-state index is -1.09. The van der Waals surface area contributed by atoms with Crippen molar-refractivity contribution in [3.63, 3.8) is 0 Å². The van der Waals surface area contributed by atoms with Crippen LogP contribution in [0.2, 0.25) is 0 Å². The number of hydrogen-bond donors (Lipinski definition) is 3. The Morgan fingerprint density at radius 2 is 2.33 bits per heavy atom. The van der Waals surface area contributed by atoms with Gasteiger partial charge in [-0.2, -0.15) is 5.10 Å². The molecule has 0 bridgehead atoms. The van der Waals surface area contributed by atoms with Gasteiger partial charge in [-0.25, -0.2) is 4.79 Å². The van der Waals surface area contributed by atoms with Crippen LogP contribution in [0.15, 0.2) is 37.3 Å². The number of aryl methyl sites for hydroxylation is 1. The first-order valence-corrected chi connectivity index (χ1v) is 6.36. The number of pyridine rings is 1. The molecule has 4 N–H and O–H groups in total. The minimum absolute atomic E-state index is 0.401. The molecule has 0 aliphatic rings. The monoisotopic (exact) mass is 287 g/mol. The fourth-order valence-corrected chi connectivity index (χ4v) is 2.18. The first kappa shape index (κ1) is 14.6. The van der Waals surface area contributed by atoms with E-state index in [0.29, 0.717) is 12.1 Å². The van der Waals surface area contributed by atoms with Crippen molar-refractivity contribution in [2.24, 2.45) is 7.05 Å². The van der Waals surface area contributed by atoms with Gasteiger partial charge in [0.05, 0.1) is 23.6 Å². The normalized spacial score (nSPS) is 11.9. The zero-order chi connectivity index (χ0) is 15.4. The Hall–Kier alpha value is -2.83. The van der Waals surface area contributed by atoms with E-state index < -0.39 is 12.1 Å². The maximum Gasteiger partial charge on any atom is 0.405 e. The zero-order valence-corrected chi connectivity index (χ0v) is 11.7. The Morgan fingerprint density at radius 3 is 2.90 bits per heavy atom. The molecule has 21 heavy (non-hydrogen) atoms. The average molecular weight is 287 g/mol. The largest absolute Gasteiger partial charge is 0.465 e. The summed E-state index contributed by atoms with van der Waals surface area (Å²) in [5.74, 6) is 0. The highest BCUT2D eigenvalue weighted by Gasteiger charge is 2.15. The van der Waals surface area contributed by atoms with Crippen LogP contribution in [-0.2, 0) is 7.05 Å². The molecule has 0 radical (unpaired) electrons. The molecule has 0 saturated carbocycles. The lowest BCUT2D eigenvalue weighted by Crippen LogP contribution is -2.26. The second kappa shape index (κ2) is 6.08. The summed E-state index contributed by atoms with van der Waals surface area (Å²) in [6.07, 6.45) is 5.90. The second-order valence-corrected chi connectivity index (χ2v) is 4.61. The topological polar surface area (TPSA) is 106 Å². The van der Waals surface area contributed by atoms with E-state index >= 15 is 0 Å². The number of carbonyl (C=O) groups is 1. The summed E-state index contributed by atoms with van der Waals surface area (Å²) in [6.45, 7) is 3.65. The molecule has 2 rings (SSSR count). The van der Waals surface area contributed by atoms with Crippen molar-refractivity contribution < 1.29 is 9.90 Å². The fraction of sp³-hybridized carbons (Fsp3) is 0.214. The molecular weight excluding hydrogens is 270 g/mol. The van der Waals surface area contributed by atoms with Gasteiger partial charge in [0, 0.05) is 25.0 Å². The summed E-state index contributed by atoms with van der Waals surface area (Å²) in [7, 11) is 1.79. The highest BCUT2D eigenvalue weighted by atomic mass is 16.4. The van der Waals surface area contributed by atoms with Crippen LogP contribution >= 0.6 is 0 Å². The van der Waals surface area contributed by atoms with Gasteiger partial charge in [-0.3, -0.25) is 9.67 Å². The van der Waals surface area contributed by atoms with E-state index in [4.69, 9.17) is 10.8 Å². The fourth-order valence-electron chi connectivity index (χ4n) is 2.18. The number of nitrogens with zero attached hydrogens (tertiary/aromatic N) is 3. The van der Waals surface area contributed by atoms with E-state index in [-0.39, 0.29) is 0 Å². The van der Waals surface area contributed by atoms with Crippen LogP contribution in [0, 0.1) is 0 Å². The molecule has 0 saturated heterocycles. The Kier molecular flexibility index (Phi) is 4.22. The molecule has 2 aromatic heterocycles. The number of nitrogen functional groups attached to an aromatic ring is 1. The van der Waals surface area contributed by atoms with Crippen LogP contribution in [-0.4, -0.2) is 26.0 Å². The molecule has 0 spiro atoms. The summed E-state index contributed by atoms with van der Waals surface area (Å²) >= 11 is 0. The molecular formula is C14H17N5O2. The molecule has 1 atom stereocenters. The van der Waals surface area contributed by atoms with E-state index in [1.54, 1.807) is 36.4 Å². The Morgan fingerprint density at radius 1 is 1.57 bits per heavy atom. The van der Waals surface area contributed by atoms with Gasteiger partial charge in [0.1, 0.15) is 0 Å². The minimum Gasteiger partial charge on any atom is -0.465 e. The van der Waals surface area contributed by atoms with Crippen LogP contribution in [0.3, 0.4) is 0 Å². The summed E-state index contributed by atoms with van der Waals surface area (Å²) in [6, 6.07) is 1.45. The van der Waals surface area contributed by atoms with Crippen LogP contribution in [0.25, 0.3) is 11.3 Å². The quantitative estimate of drug-likeness (QED) is 0.729. The van der Waals surface area contributed by atoms with Gasteiger partial charge in [-0.05, 0) is 18.1 Å². The Bertz CT molecular complexity index is 646. The SMILES string of the molecule is C=CCC(NC(=O)O)c1cncc(-c2c(N)cnn2C)c1. The van der Waals surface area contributed by atoms with E-state index in [0.717, 1.165) is 16.8 Å². The highest BCUT2D eigenvalue weighted by molar-refractivity contribution is 5.72. The first-order chi connectivity index (χ1) is 10.0. The number of amides is 1. The number of aromatic nitrogens is 3. The van der Waals surface area contributed by atoms with Gasteiger partial charge in [0.15, 0.2) is 0 Å². The predicted molar refractivity (Wildman–Crippen MR) is 79.6 cm³/mol. The van der Waals surface area contributed by atoms with Gasteiger partial charge in [0.2, 0.25) is 0 Å². The lowest BCUT2D eigenvalue weighted by molar-refractivity contribution is 0.190. The number of carboxylic acid groups (broad SMARTS) is 1. The molecule has 110 valence electrons. The third-order valence-corrected chi connectivity index (χ3v) is 3.10. The van der Waals surface area contributed by atoms with Gasteiger partial charge in [-0.1, -0.05) is 6.08 Å². The number of nitrogens with one attached hydrogen (secondary N) is 1. The van der Waals surface area contributed by atoms with E-state index in [9.17, 15) is 4.79 Å². The number of rotatable bonds is 5. The smallest absolute Gasteiger partial charge is 0.405 e. The van der Waals surface area contributed by atoms with Crippen LogP contribution in [0.4, 0.5) is 10.5 Å². The van der Waals surface area contributed by atoms with Crippen molar-refractivity contribution in [3.8, 4) is 11.3 Å². The molecule has 0 fully saturated rings. The summed E-state index contributed by atoms with van der Waals surface area (Å²) in [5, 5.41) is 15.5. The second-order valence-electron chi connectivity index (χ2n) is 4.61. The Labute approximate surface area is 122 Å². The summed E-state index contributed by atoms with van der Waals surface area (Å²) in [4.78, 5) is 15.0. The molecule has 1 unspecified atom stereocenters. The average Bonchev–Trinajstić information content (AvgIpc) is 2.77. The Balaban J connectivity index is 2.40. The zero-order valence-electron chi connectivity index (χ0n) is 11.7. The van der Waals surface area contributed by atoms with E-state index in [2.05, 4.69) is 22.0 Å². The summed E-state index contributed by atoms with van der Waals surface area (Å²) < 4.78 is 1.66. The maximum absolute atomic E-state index is 10.9. The highest BCUT2D eigenvalue weighted by Crippen LogP contribution is 2.27. The van der Waals surface area contributed by atoms with Crippen molar-refractivity contribution >= 4 is 11.8 Å². The predicted octanol–water partition coefficient (Wildman–Crippen LogP) is 1.95. The number of hydrogen-bond acceptors (Lipinski definition) is 4. The molecule has 2 aromatic rings. The van der Waals surface area contributed by atoms with Crippen molar-refractivity contribution in [3.05, 3.63) is 42.9 Å². The van der Waals surface area contributed by atoms with Crippen LogP contribution in [0.5, 0.6) is 0 Å². The van der Waals surface area contributed by atoms with Crippen molar-refractivity contribution in [1.82, 2.24) is 20.1 Å². The lowest BCUT2D eigenvalue weighted by Gasteiger charge is -2.16.